The van der Waals surface area contributed by atoms with Crippen molar-refractivity contribution in [2.75, 3.05) is 31.5 Å². The van der Waals surface area contributed by atoms with E-state index in [0.717, 1.165) is 49.5 Å². The summed E-state index contributed by atoms with van der Waals surface area (Å²) < 4.78 is 5.59. The second-order valence-electron chi connectivity index (χ2n) is 8.44. The van der Waals surface area contributed by atoms with E-state index in [2.05, 4.69) is 51.3 Å². The molecule has 0 aliphatic carbocycles. The number of piperazine rings is 1. The highest BCUT2D eigenvalue weighted by molar-refractivity contribution is 6.03. The lowest BCUT2D eigenvalue weighted by Crippen LogP contribution is -2.45. The molecule has 2 heterocycles. The van der Waals surface area contributed by atoms with Crippen molar-refractivity contribution in [1.29, 1.82) is 0 Å². The van der Waals surface area contributed by atoms with Crippen LogP contribution in [0.4, 0.5) is 5.69 Å². The van der Waals surface area contributed by atoms with E-state index in [9.17, 15) is 4.79 Å². The Kier molecular flexibility index (Phi) is 6.49. The Labute approximate surface area is 183 Å². The molecule has 1 saturated heterocycles. The molecule has 0 unspecified atom stereocenters. The summed E-state index contributed by atoms with van der Waals surface area (Å²) in [7, 11) is 0. The first-order valence-electron chi connectivity index (χ1n) is 10.8. The zero-order valence-electron chi connectivity index (χ0n) is 18.5. The highest BCUT2D eigenvalue weighted by Gasteiger charge is 2.20. The van der Waals surface area contributed by atoms with Gasteiger partial charge >= 0.3 is 0 Å². The molecular weight excluding hydrogens is 388 g/mol. The van der Waals surface area contributed by atoms with E-state index in [-0.39, 0.29) is 5.91 Å². The van der Waals surface area contributed by atoms with Gasteiger partial charge in [0.15, 0.2) is 5.69 Å². The van der Waals surface area contributed by atoms with Gasteiger partial charge in [0, 0.05) is 38.4 Å². The molecule has 1 fully saturated rings. The monoisotopic (exact) mass is 418 g/mol. The Morgan fingerprint density at radius 2 is 1.68 bits per heavy atom. The van der Waals surface area contributed by atoms with Gasteiger partial charge in [0.25, 0.3) is 5.91 Å². The predicted octanol–water partition coefficient (Wildman–Crippen LogP) is 4.17. The molecule has 1 N–H and O–H groups in total. The molecule has 2 aromatic carbocycles. The third-order valence-electron chi connectivity index (χ3n) is 5.74. The minimum Gasteiger partial charge on any atom is -0.447 e. The molecule has 1 aliphatic rings. The standard InChI is InChI=1S/C25H30N4O2/c1-18-5-4-6-21(13-18)15-28-9-11-29(12-10-28)16-24-26-23(17-31-24)25(30)27-22-14-19(2)7-8-20(22)3/h4-8,13-14,17H,9-12,15-16H2,1-3H3,(H,27,30). The van der Waals surface area contributed by atoms with Gasteiger partial charge in [0.1, 0.15) is 6.26 Å². The van der Waals surface area contributed by atoms with E-state index >= 15 is 0 Å². The molecule has 0 spiro atoms. The number of rotatable bonds is 6. The summed E-state index contributed by atoms with van der Waals surface area (Å²) >= 11 is 0. The minimum atomic E-state index is -0.244. The summed E-state index contributed by atoms with van der Waals surface area (Å²) in [6, 6.07) is 14.7. The highest BCUT2D eigenvalue weighted by atomic mass is 16.3. The molecule has 162 valence electrons. The van der Waals surface area contributed by atoms with Crippen molar-refractivity contribution in [3.63, 3.8) is 0 Å². The van der Waals surface area contributed by atoms with Crippen molar-refractivity contribution < 1.29 is 9.21 Å². The van der Waals surface area contributed by atoms with E-state index in [1.807, 2.05) is 32.0 Å². The Morgan fingerprint density at radius 1 is 0.968 bits per heavy atom. The molecule has 6 nitrogen and oxygen atoms in total. The lowest BCUT2D eigenvalue weighted by molar-refractivity contribution is 0.102. The van der Waals surface area contributed by atoms with Crippen molar-refractivity contribution in [1.82, 2.24) is 14.8 Å². The first-order valence-corrected chi connectivity index (χ1v) is 10.8. The van der Waals surface area contributed by atoms with Gasteiger partial charge in [0.05, 0.1) is 6.54 Å². The Morgan fingerprint density at radius 3 is 2.42 bits per heavy atom. The Hall–Kier alpha value is -2.96. The second kappa shape index (κ2) is 9.45. The van der Waals surface area contributed by atoms with E-state index in [1.54, 1.807) is 0 Å². The lowest BCUT2D eigenvalue weighted by atomic mass is 10.1. The fraction of sp³-hybridized carbons (Fsp3) is 0.360. The van der Waals surface area contributed by atoms with Crippen LogP contribution in [0, 0.1) is 20.8 Å². The molecule has 0 atom stereocenters. The SMILES string of the molecule is Cc1cccc(CN2CCN(Cc3nc(C(=O)Nc4cc(C)ccc4C)co3)CC2)c1. The largest absolute Gasteiger partial charge is 0.447 e. The zero-order chi connectivity index (χ0) is 21.8. The number of anilines is 1. The fourth-order valence-electron chi connectivity index (χ4n) is 3.91. The molecule has 1 aliphatic heterocycles. The maximum Gasteiger partial charge on any atom is 0.277 e. The number of carbonyl (C=O) groups is 1. The van der Waals surface area contributed by atoms with Crippen LogP contribution < -0.4 is 5.32 Å². The highest BCUT2D eigenvalue weighted by Crippen LogP contribution is 2.18. The van der Waals surface area contributed by atoms with Gasteiger partial charge in [0.2, 0.25) is 5.89 Å². The summed E-state index contributed by atoms with van der Waals surface area (Å²) in [4.78, 5) is 21.8. The maximum atomic E-state index is 12.6. The Bertz CT molecular complexity index is 1050. The topological polar surface area (TPSA) is 61.6 Å². The first kappa shape index (κ1) is 21.3. The van der Waals surface area contributed by atoms with E-state index in [0.29, 0.717) is 18.1 Å². The molecule has 0 radical (unpaired) electrons. The van der Waals surface area contributed by atoms with Crippen LogP contribution in [0.5, 0.6) is 0 Å². The van der Waals surface area contributed by atoms with Gasteiger partial charge in [-0.1, -0.05) is 42.0 Å². The van der Waals surface area contributed by atoms with Crippen LogP contribution >= 0.6 is 0 Å². The van der Waals surface area contributed by atoms with Crippen LogP contribution in [0.3, 0.4) is 0 Å². The van der Waals surface area contributed by atoms with Crippen LogP contribution in [-0.2, 0) is 13.1 Å². The number of oxazole rings is 1. The average molecular weight is 419 g/mol. The van der Waals surface area contributed by atoms with Gasteiger partial charge in [-0.05, 0) is 43.5 Å². The summed E-state index contributed by atoms with van der Waals surface area (Å²) in [5.74, 6) is 0.338. The molecule has 0 saturated carbocycles. The number of hydrogen-bond acceptors (Lipinski definition) is 5. The summed E-state index contributed by atoms with van der Waals surface area (Å²) in [5, 5.41) is 2.94. The van der Waals surface area contributed by atoms with Crippen molar-refractivity contribution >= 4 is 11.6 Å². The normalized spacial score (nSPS) is 15.2. The third kappa shape index (κ3) is 5.60. The molecule has 1 aromatic heterocycles. The summed E-state index contributed by atoms with van der Waals surface area (Å²) in [6.45, 7) is 11.6. The number of aryl methyl sites for hydroxylation is 3. The van der Waals surface area contributed by atoms with Gasteiger partial charge < -0.3 is 9.73 Å². The number of benzene rings is 2. The Balaban J connectivity index is 1.28. The fourth-order valence-corrected chi connectivity index (χ4v) is 3.91. The number of nitrogens with zero attached hydrogens (tertiary/aromatic N) is 3. The van der Waals surface area contributed by atoms with Crippen LogP contribution in [-0.4, -0.2) is 46.9 Å². The van der Waals surface area contributed by atoms with E-state index in [4.69, 9.17) is 4.42 Å². The molecular formula is C25H30N4O2. The quantitative estimate of drug-likeness (QED) is 0.651. The van der Waals surface area contributed by atoms with Crippen LogP contribution in [0.2, 0.25) is 0 Å². The molecule has 6 heteroatoms. The van der Waals surface area contributed by atoms with Crippen molar-refractivity contribution in [2.24, 2.45) is 0 Å². The first-order chi connectivity index (χ1) is 15.0. The van der Waals surface area contributed by atoms with Gasteiger partial charge in [-0.2, -0.15) is 0 Å². The van der Waals surface area contributed by atoms with E-state index in [1.165, 1.54) is 17.4 Å². The van der Waals surface area contributed by atoms with Crippen LogP contribution in [0.25, 0.3) is 0 Å². The molecule has 3 aromatic rings. The van der Waals surface area contributed by atoms with Crippen LogP contribution in [0.1, 0.15) is 38.6 Å². The predicted molar refractivity (Wildman–Crippen MR) is 122 cm³/mol. The lowest BCUT2D eigenvalue weighted by Gasteiger charge is -2.34. The second-order valence-corrected chi connectivity index (χ2v) is 8.44. The molecule has 1 amide bonds. The number of carbonyl (C=O) groups excluding carboxylic acids is 1. The van der Waals surface area contributed by atoms with Crippen molar-refractivity contribution in [3.05, 3.63) is 82.6 Å². The van der Waals surface area contributed by atoms with Crippen molar-refractivity contribution in [3.8, 4) is 0 Å². The zero-order valence-corrected chi connectivity index (χ0v) is 18.5. The summed E-state index contributed by atoms with van der Waals surface area (Å²) in [5.41, 5.74) is 5.90. The molecule has 31 heavy (non-hydrogen) atoms. The van der Waals surface area contributed by atoms with Gasteiger partial charge in [-0.3, -0.25) is 14.6 Å². The minimum absolute atomic E-state index is 0.244. The number of aromatic nitrogens is 1. The van der Waals surface area contributed by atoms with Crippen molar-refractivity contribution in [2.45, 2.75) is 33.9 Å². The molecule has 4 rings (SSSR count). The van der Waals surface area contributed by atoms with Gasteiger partial charge in [-0.25, -0.2) is 4.98 Å². The number of hydrogen-bond donors (Lipinski definition) is 1. The summed E-state index contributed by atoms with van der Waals surface area (Å²) in [6.07, 6.45) is 1.45. The third-order valence-corrected chi connectivity index (χ3v) is 5.74. The molecule has 0 bridgehead atoms. The maximum absolute atomic E-state index is 12.6. The average Bonchev–Trinajstić information content (AvgIpc) is 3.21. The number of nitrogens with one attached hydrogen (secondary N) is 1. The smallest absolute Gasteiger partial charge is 0.277 e. The van der Waals surface area contributed by atoms with E-state index < -0.39 is 0 Å². The van der Waals surface area contributed by atoms with Crippen LogP contribution in [0.15, 0.2) is 53.1 Å². The van der Waals surface area contributed by atoms with Gasteiger partial charge in [-0.15, -0.1) is 0 Å². The number of amides is 1.